The van der Waals surface area contributed by atoms with E-state index in [2.05, 4.69) is 10.4 Å². The van der Waals surface area contributed by atoms with Crippen LogP contribution in [0.1, 0.15) is 36.6 Å². The Morgan fingerprint density at radius 1 is 1.26 bits per heavy atom. The second kappa shape index (κ2) is 5.13. The number of hydrogen-bond acceptors (Lipinski definition) is 2. The third-order valence-corrected chi connectivity index (χ3v) is 3.85. The van der Waals surface area contributed by atoms with Gasteiger partial charge in [-0.2, -0.15) is 5.10 Å². The molecule has 1 N–H and O–H groups in total. The van der Waals surface area contributed by atoms with E-state index in [-0.39, 0.29) is 5.82 Å². The van der Waals surface area contributed by atoms with Gasteiger partial charge in [0.1, 0.15) is 5.82 Å². The lowest BCUT2D eigenvalue weighted by Crippen LogP contribution is -2.16. The Morgan fingerprint density at radius 2 is 2.05 bits per heavy atom. The average molecular weight is 259 g/mol. The van der Waals surface area contributed by atoms with E-state index >= 15 is 0 Å². The molecule has 2 aromatic rings. The highest BCUT2D eigenvalue weighted by Crippen LogP contribution is 2.29. The lowest BCUT2D eigenvalue weighted by molar-refractivity contribution is 0.533. The number of fused-ring (bicyclic) bond motifs is 1. The van der Waals surface area contributed by atoms with Crippen LogP contribution in [0.25, 0.3) is 5.69 Å². The summed E-state index contributed by atoms with van der Waals surface area (Å²) in [6.45, 7) is 0. The maximum absolute atomic E-state index is 13.0. The standard InChI is InChI=1S/C15H18FN3/c1-17-14-4-2-3-5-15-13(14)10-18-19(15)12-8-6-11(16)7-9-12/h6-10,14,17H,2-5H2,1H3. The molecule has 19 heavy (non-hydrogen) atoms. The van der Waals surface area contributed by atoms with Crippen molar-refractivity contribution in [3.05, 3.63) is 47.5 Å². The summed E-state index contributed by atoms with van der Waals surface area (Å²) in [5.41, 5.74) is 3.46. The Hall–Kier alpha value is -1.68. The van der Waals surface area contributed by atoms with Crippen molar-refractivity contribution in [2.45, 2.75) is 31.7 Å². The van der Waals surface area contributed by atoms with Crippen molar-refractivity contribution in [1.29, 1.82) is 0 Å². The molecule has 0 spiro atoms. The van der Waals surface area contributed by atoms with E-state index in [0.717, 1.165) is 18.5 Å². The Balaban J connectivity index is 2.04. The summed E-state index contributed by atoms with van der Waals surface area (Å²) >= 11 is 0. The third kappa shape index (κ3) is 2.28. The largest absolute Gasteiger partial charge is 0.313 e. The van der Waals surface area contributed by atoms with Gasteiger partial charge < -0.3 is 5.32 Å². The fraction of sp³-hybridized carbons (Fsp3) is 0.400. The quantitative estimate of drug-likeness (QED) is 0.840. The number of benzene rings is 1. The molecule has 1 aliphatic carbocycles. The molecular formula is C15H18FN3. The van der Waals surface area contributed by atoms with Crippen LogP contribution in [0.15, 0.2) is 30.5 Å². The molecule has 0 radical (unpaired) electrons. The van der Waals surface area contributed by atoms with Crippen LogP contribution in [0.4, 0.5) is 4.39 Å². The van der Waals surface area contributed by atoms with Gasteiger partial charge in [-0.1, -0.05) is 6.42 Å². The smallest absolute Gasteiger partial charge is 0.123 e. The van der Waals surface area contributed by atoms with Gasteiger partial charge in [0.05, 0.1) is 11.9 Å². The third-order valence-electron chi connectivity index (χ3n) is 3.85. The minimum absolute atomic E-state index is 0.213. The first kappa shape index (κ1) is 12.4. The normalized spacial score (nSPS) is 18.9. The van der Waals surface area contributed by atoms with Crippen molar-refractivity contribution in [2.75, 3.05) is 7.05 Å². The topological polar surface area (TPSA) is 29.9 Å². The summed E-state index contributed by atoms with van der Waals surface area (Å²) in [6.07, 6.45) is 6.54. The predicted molar refractivity (Wildman–Crippen MR) is 72.9 cm³/mol. The lowest BCUT2D eigenvalue weighted by Gasteiger charge is -2.13. The first-order valence-electron chi connectivity index (χ1n) is 6.79. The van der Waals surface area contributed by atoms with Crippen LogP contribution in [0.3, 0.4) is 0 Å². The zero-order valence-corrected chi connectivity index (χ0v) is 11.1. The first-order valence-corrected chi connectivity index (χ1v) is 6.79. The number of halogens is 1. The molecule has 3 nitrogen and oxygen atoms in total. The fourth-order valence-electron chi connectivity index (χ4n) is 2.83. The van der Waals surface area contributed by atoms with Gasteiger partial charge in [-0.3, -0.25) is 0 Å². The second-order valence-electron chi connectivity index (χ2n) is 5.02. The Kier molecular flexibility index (Phi) is 3.34. The molecular weight excluding hydrogens is 241 g/mol. The summed E-state index contributed by atoms with van der Waals surface area (Å²) < 4.78 is 15.0. The average Bonchev–Trinajstić information content (AvgIpc) is 2.73. The van der Waals surface area contributed by atoms with E-state index in [1.54, 1.807) is 12.1 Å². The highest BCUT2D eigenvalue weighted by atomic mass is 19.1. The second-order valence-corrected chi connectivity index (χ2v) is 5.02. The minimum Gasteiger partial charge on any atom is -0.313 e. The number of aromatic nitrogens is 2. The van der Waals surface area contributed by atoms with E-state index in [0.29, 0.717) is 6.04 Å². The van der Waals surface area contributed by atoms with Crippen LogP contribution < -0.4 is 5.32 Å². The summed E-state index contributed by atoms with van der Waals surface area (Å²) in [5.74, 6) is -0.213. The monoisotopic (exact) mass is 259 g/mol. The molecule has 1 aliphatic rings. The van der Waals surface area contributed by atoms with Crippen molar-refractivity contribution in [3.63, 3.8) is 0 Å². The van der Waals surface area contributed by atoms with E-state index < -0.39 is 0 Å². The van der Waals surface area contributed by atoms with Gasteiger partial charge >= 0.3 is 0 Å². The van der Waals surface area contributed by atoms with E-state index in [1.165, 1.54) is 36.2 Å². The molecule has 1 heterocycles. The van der Waals surface area contributed by atoms with Gasteiger partial charge in [0.15, 0.2) is 0 Å². The molecule has 100 valence electrons. The number of hydrogen-bond donors (Lipinski definition) is 1. The Labute approximate surface area is 112 Å². The molecule has 0 saturated heterocycles. The van der Waals surface area contributed by atoms with Crippen molar-refractivity contribution in [1.82, 2.24) is 15.1 Å². The van der Waals surface area contributed by atoms with Gasteiger partial charge in [-0.05, 0) is 50.6 Å². The molecule has 0 aliphatic heterocycles. The van der Waals surface area contributed by atoms with Gasteiger partial charge in [-0.25, -0.2) is 9.07 Å². The van der Waals surface area contributed by atoms with Gasteiger partial charge in [0.2, 0.25) is 0 Å². The number of nitrogens with zero attached hydrogens (tertiary/aromatic N) is 2. The first-order chi connectivity index (χ1) is 9.29. The molecule has 1 atom stereocenters. The molecule has 1 aromatic heterocycles. The van der Waals surface area contributed by atoms with E-state index in [4.69, 9.17) is 0 Å². The summed E-state index contributed by atoms with van der Waals surface area (Å²) in [7, 11) is 2.00. The molecule has 4 heteroatoms. The highest BCUT2D eigenvalue weighted by Gasteiger charge is 2.21. The molecule has 0 bridgehead atoms. The lowest BCUT2D eigenvalue weighted by atomic mass is 10.1. The zero-order chi connectivity index (χ0) is 13.2. The van der Waals surface area contributed by atoms with Gasteiger partial charge in [0.25, 0.3) is 0 Å². The molecule has 0 fully saturated rings. The van der Waals surface area contributed by atoms with Crippen LogP contribution >= 0.6 is 0 Å². The van der Waals surface area contributed by atoms with Crippen molar-refractivity contribution < 1.29 is 4.39 Å². The number of rotatable bonds is 2. The van der Waals surface area contributed by atoms with E-state index in [9.17, 15) is 4.39 Å². The zero-order valence-electron chi connectivity index (χ0n) is 11.1. The number of nitrogens with one attached hydrogen (secondary N) is 1. The Morgan fingerprint density at radius 3 is 2.79 bits per heavy atom. The maximum atomic E-state index is 13.0. The molecule has 0 saturated carbocycles. The van der Waals surface area contributed by atoms with Crippen LogP contribution in [0, 0.1) is 5.82 Å². The van der Waals surface area contributed by atoms with Crippen molar-refractivity contribution >= 4 is 0 Å². The van der Waals surface area contributed by atoms with Crippen molar-refractivity contribution in [2.24, 2.45) is 0 Å². The van der Waals surface area contributed by atoms with E-state index in [1.807, 2.05) is 17.9 Å². The molecule has 3 rings (SSSR count). The van der Waals surface area contributed by atoms with Crippen LogP contribution in [0.5, 0.6) is 0 Å². The van der Waals surface area contributed by atoms with Gasteiger partial charge in [0, 0.05) is 17.3 Å². The predicted octanol–water partition coefficient (Wildman–Crippen LogP) is 3.00. The molecule has 1 unspecified atom stereocenters. The van der Waals surface area contributed by atoms with Crippen LogP contribution in [-0.2, 0) is 6.42 Å². The SMILES string of the molecule is CNC1CCCCc2c1cnn2-c1ccc(F)cc1. The van der Waals surface area contributed by atoms with Crippen LogP contribution in [0.2, 0.25) is 0 Å². The molecule has 1 aromatic carbocycles. The summed E-state index contributed by atoms with van der Waals surface area (Å²) in [4.78, 5) is 0. The highest BCUT2D eigenvalue weighted by molar-refractivity contribution is 5.36. The maximum Gasteiger partial charge on any atom is 0.123 e. The molecule has 0 amide bonds. The Bertz CT molecular complexity index is 559. The van der Waals surface area contributed by atoms with Crippen molar-refractivity contribution in [3.8, 4) is 5.69 Å². The fourth-order valence-corrected chi connectivity index (χ4v) is 2.83. The minimum atomic E-state index is -0.213. The summed E-state index contributed by atoms with van der Waals surface area (Å²) in [5, 5.41) is 7.85. The van der Waals surface area contributed by atoms with Crippen LogP contribution in [-0.4, -0.2) is 16.8 Å². The summed E-state index contributed by atoms with van der Waals surface area (Å²) in [6, 6.07) is 6.90. The van der Waals surface area contributed by atoms with Gasteiger partial charge in [-0.15, -0.1) is 0 Å².